The zero-order valence-electron chi connectivity index (χ0n) is 15.2. The predicted molar refractivity (Wildman–Crippen MR) is 99.5 cm³/mol. The molecule has 0 unspecified atom stereocenters. The molecular weight excluding hydrogens is 346 g/mol. The number of carboxylic acids is 1. The van der Waals surface area contributed by atoms with Crippen LogP contribution in [0.25, 0.3) is 0 Å². The topological polar surface area (TPSA) is 98.5 Å². The van der Waals surface area contributed by atoms with Crippen LogP contribution in [0.1, 0.15) is 42.5 Å². The highest BCUT2D eigenvalue weighted by Crippen LogP contribution is 2.37. The van der Waals surface area contributed by atoms with Gasteiger partial charge in [0.25, 0.3) is 0 Å². The Morgan fingerprint density at radius 1 is 1.19 bits per heavy atom. The van der Waals surface area contributed by atoms with Crippen LogP contribution < -0.4 is 4.90 Å². The summed E-state index contributed by atoms with van der Waals surface area (Å²) in [5, 5.41) is 17.1. The number of terminal acetylenes is 1. The predicted octanol–water partition coefficient (Wildman–Crippen LogP) is 2.17. The van der Waals surface area contributed by atoms with Crippen molar-refractivity contribution in [1.29, 1.82) is 0 Å². The van der Waals surface area contributed by atoms with Crippen LogP contribution in [0, 0.1) is 12.3 Å². The number of rotatable bonds is 7. The van der Waals surface area contributed by atoms with Gasteiger partial charge in [-0.1, -0.05) is 0 Å². The second-order valence-electron chi connectivity index (χ2n) is 6.82. The fourth-order valence-electron chi connectivity index (χ4n) is 3.23. The summed E-state index contributed by atoms with van der Waals surface area (Å²) in [5.74, 6) is 2.45. The molecule has 2 aliphatic rings. The molecule has 1 aromatic rings. The van der Waals surface area contributed by atoms with Crippen molar-refractivity contribution >= 4 is 17.7 Å². The monoisotopic (exact) mass is 369 g/mol. The Balaban J connectivity index is 1.50. The summed E-state index contributed by atoms with van der Waals surface area (Å²) in [6.45, 7) is 2.77. The van der Waals surface area contributed by atoms with E-state index >= 15 is 0 Å². The van der Waals surface area contributed by atoms with Crippen LogP contribution in [-0.4, -0.2) is 58.7 Å². The summed E-state index contributed by atoms with van der Waals surface area (Å²) in [6, 6.07) is 3.27. The van der Waals surface area contributed by atoms with Crippen molar-refractivity contribution in [2.24, 2.45) is 10.2 Å². The first-order chi connectivity index (χ1) is 13.0. The summed E-state index contributed by atoms with van der Waals surface area (Å²) < 4.78 is 0. The van der Waals surface area contributed by atoms with Crippen LogP contribution in [0.5, 0.6) is 0 Å². The minimum Gasteiger partial charge on any atom is -0.478 e. The third-order valence-electron chi connectivity index (χ3n) is 4.96. The zero-order chi connectivity index (χ0) is 19.3. The van der Waals surface area contributed by atoms with E-state index in [0.717, 1.165) is 18.8 Å². The molecule has 1 saturated heterocycles. The van der Waals surface area contributed by atoms with Crippen molar-refractivity contribution in [1.82, 2.24) is 9.88 Å². The van der Waals surface area contributed by atoms with Crippen molar-refractivity contribution in [2.75, 3.05) is 31.1 Å². The molecule has 0 bridgehead atoms. The molecule has 8 nitrogen and oxygen atoms in total. The summed E-state index contributed by atoms with van der Waals surface area (Å²) in [6.07, 6.45) is 9.86. The maximum atomic E-state index is 12.6. The number of anilines is 1. The molecule has 0 atom stereocenters. The molecule has 27 heavy (non-hydrogen) atoms. The Morgan fingerprint density at radius 3 is 2.63 bits per heavy atom. The highest BCUT2D eigenvalue weighted by molar-refractivity contribution is 5.87. The van der Waals surface area contributed by atoms with Gasteiger partial charge in [-0.3, -0.25) is 4.79 Å². The Morgan fingerprint density at radius 2 is 2.00 bits per heavy atom. The number of carbonyl (C=O) groups is 2. The average molecular weight is 369 g/mol. The van der Waals surface area contributed by atoms with Gasteiger partial charge in [0.2, 0.25) is 5.91 Å². The Bertz CT molecular complexity index is 763. The van der Waals surface area contributed by atoms with Gasteiger partial charge < -0.3 is 14.9 Å². The number of carboxylic acid groups (broad SMARTS) is 1. The number of carbonyl (C=O) groups excluding carboxylic acids is 1. The second-order valence-corrected chi connectivity index (χ2v) is 6.82. The lowest BCUT2D eigenvalue weighted by Crippen LogP contribution is -2.35. The Kier molecular flexibility index (Phi) is 5.69. The van der Waals surface area contributed by atoms with Gasteiger partial charge in [-0.25, -0.2) is 9.78 Å². The molecule has 3 rings (SSSR count). The van der Waals surface area contributed by atoms with Gasteiger partial charge in [0.15, 0.2) is 5.66 Å². The lowest BCUT2D eigenvalue weighted by Gasteiger charge is -2.23. The molecule has 0 spiro atoms. The van der Waals surface area contributed by atoms with E-state index in [4.69, 9.17) is 11.5 Å². The summed E-state index contributed by atoms with van der Waals surface area (Å²) in [4.78, 5) is 31.7. The maximum Gasteiger partial charge on any atom is 0.337 e. The minimum atomic E-state index is -0.990. The highest BCUT2D eigenvalue weighted by atomic mass is 16.4. The zero-order valence-corrected chi connectivity index (χ0v) is 15.2. The molecule has 142 valence electrons. The van der Waals surface area contributed by atoms with Crippen molar-refractivity contribution in [3.63, 3.8) is 0 Å². The Hall–Kier alpha value is -2.95. The third-order valence-corrected chi connectivity index (χ3v) is 4.96. The molecule has 0 saturated carbocycles. The smallest absolute Gasteiger partial charge is 0.337 e. The maximum absolute atomic E-state index is 12.6. The molecule has 1 aromatic heterocycles. The van der Waals surface area contributed by atoms with Crippen molar-refractivity contribution in [3.05, 3.63) is 23.9 Å². The first kappa shape index (κ1) is 18.8. The number of hydrogen-bond donors (Lipinski definition) is 1. The van der Waals surface area contributed by atoms with E-state index in [1.807, 2.05) is 4.90 Å². The molecule has 0 radical (unpaired) electrons. The molecule has 3 heterocycles. The van der Waals surface area contributed by atoms with E-state index in [1.165, 1.54) is 6.20 Å². The largest absolute Gasteiger partial charge is 0.478 e. The second kappa shape index (κ2) is 8.16. The van der Waals surface area contributed by atoms with Gasteiger partial charge in [0, 0.05) is 58.1 Å². The third kappa shape index (κ3) is 4.82. The average Bonchev–Trinajstić information content (AvgIpc) is 3.48. The van der Waals surface area contributed by atoms with Gasteiger partial charge >= 0.3 is 5.97 Å². The van der Waals surface area contributed by atoms with E-state index in [0.29, 0.717) is 45.3 Å². The summed E-state index contributed by atoms with van der Waals surface area (Å²) in [7, 11) is 0. The molecule has 1 amide bonds. The van der Waals surface area contributed by atoms with Crippen LogP contribution in [0.2, 0.25) is 0 Å². The van der Waals surface area contributed by atoms with Crippen LogP contribution in [0.4, 0.5) is 5.82 Å². The number of hydrogen-bond acceptors (Lipinski definition) is 6. The number of nitrogens with zero attached hydrogens (tertiary/aromatic N) is 5. The lowest BCUT2D eigenvalue weighted by molar-refractivity contribution is -0.131. The van der Waals surface area contributed by atoms with Gasteiger partial charge in [-0.2, -0.15) is 10.2 Å². The van der Waals surface area contributed by atoms with Gasteiger partial charge in [-0.15, -0.1) is 12.3 Å². The van der Waals surface area contributed by atoms with Crippen LogP contribution in [0.15, 0.2) is 28.6 Å². The SMILES string of the molecule is C#CCCC1(CCC(=O)N2CCCN(c3ccc(C(=O)O)cn3)CC2)N=N1. The first-order valence-corrected chi connectivity index (χ1v) is 9.13. The van der Waals surface area contributed by atoms with Crippen LogP contribution in [-0.2, 0) is 4.79 Å². The molecule has 1 N–H and O–H groups in total. The lowest BCUT2D eigenvalue weighted by atomic mass is 10.0. The van der Waals surface area contributed by atoms with Crippen LogP contribution in [0.3, 0.4) is 0 Å². The fourth-order valence-corrected chi connectivity index (χ4v) is 3.23. The number of amides is 1. The standard InChI is InChI=1S/C19H23N5O3/c1-2-3-8-19(21-22-19)9-7-17(25)24-11-4-10-23(12-13-24)16-6-5-15(14-20-16)18(26)27/h1,5-6,14H,3-4,7-13H2,(H,26,27). The summed E-state index contributed by atoms with van der Waals surface area (Å²) in [5.41, 5.74) is -0.254. The van der Waals surface area contributed by atoms with Crippen molar-refractivity contribution < 1.29 is 14.7 Å². The molecular formula is C19H23N5O3. The van der Waals surface area contributed by atoms with Crippen LogP contribution >= 0.6 is 0 Å². The normalized spacial score (nSPS) is 17.9. The summed E-state index contributed by atoms with van der Waals surface area (Å²) >= 11 is 0. The number of pyridine rings is 1. The van der Waals surface area contributed by atoms with E-state index < -0.39 is 11.6 Å². The van der Waals surface area contributed by atoms with E-state index in [9.17, 15) is 9.59 Å². The van der Waals surface area contributed by atoms with Crippen molar-refractivity contribution in [3.8, 4) is 12.3 Å². The molecule has 0 aromatic carbocycles. The molecule has 8 heteroatoms. The first-order valence-electron chi connectivity index (χ1n) is 9.13. The highest BCUT2D eigenvalue weighted by Gasteiger charge is 2.39. The quantitative estimate of drug-likeness (QED) is 0.743. The van der Waals surface area contributed by atoms with E-state index in [1.54, 1.807) is 12.1 Å². The number of aromatic nitrogens is 1. The van der Waals surface area contributed by atoms with Gasteiger partial charge in [0.05, 0.1) is 5.56 Å². The van der Waals surface area contributed by atoms with Gasteiger partial charge in [-0.05, 0) is 18.6 Å². The van der Waals surface area contributed by atoms with Crippen molar-refractivity contribution in [2.45, 2.75) is 37.8 Å². The molecule has 0 aliphatic carbocycles. The fraction of sp³-hybridized carbons (Fsp3) is 0.526. The van der Waals surface area contributed by atoms with E-state index in [-0.39, 0.29) is 11.5 Å². The Labute approximate surface area is 158 Å². The molecule has 1 fully saturated rings. The minimum absolute atomic E-state index is 0.114. The van der Waals surface area contributed by atoms with Gasteiger partial charge in [0.1, 0.15) is 5.82 Å². The number of aromatic carboxylic acids is 1. The molecule has 2 aliphatic heterocycles. The van der Waals surface area contributed by atoms with E-state index in [2.05, 4.69) is 26.0 Å².